The molecule has 7 heteroatoms. The van der Waals surface area contributed by atoms with E-state index in [0.717, 1.165) is 4.47 Å². The number of halogens is 3. The number of hydrogen-bond acceptors (Lipinski definition) is 3. The molecule has 1 aromatic heterocycles. The van der Waals surface area contributed by atoms with Gasteiger partial charge in [0.05, 0.1) is 11.4 Å². The molecule has 0 unspecified atom stereocenters. The minimum atomic E-state index is -0.420. The van der Waals surface area contributed by atoms with E-state index in [-0.39, 0.29) is 11.0 Å². The molecule has 0 saturated carbocycles. The van der Waals surface area contributed by atoms with Gasteiger partial charge in [0, 0.05) is 8.95 Å². The Labute approximate surface area is 125 Å². The van der Waals surface area contributed by atoms with Crippen molar-refractivity contribution >= 4 is 60.7 Å². The summed E-state index contributed by atoms with van der Waals surface area (Å²) in [4.78, 5) is 11.9. The van der Waals surface area contributed by atoms with Crippen molar-refractivity contribution in [2.24, 2.45) is 0 Å². The average molecular weight is 394 g/mol. The molecule has 1 aromatic carbocycles. The topological polar surface area (TPSA) is 68.3 Å². The first-order chi connectivity index (χ1) is 8.47. The fourth-order valence-electron chi connectivity index (χ4n) is 1.34. The molecule has 2 aromatic rings. The van der Waals surface area contributed by atoms with Gasteiger partial charge in [0.1, 0.15) is 0 Å². The number of amides is 1. The molecule has 0 bridgehead atoms. The van der Waals surface area contributed by atoms with E-state index in [2.05, 4.69) is 37.2 Å². The number of benzene rings is 1. The molecule has 0 fully saturated rings. The number of nitrogens with one attached hydrogen (secondary N) is 1. The van der Waals surface area contributed by atoms with Gasteiger partial charge in [-0.25, -0.2) is 0 Å². The lowest BCUT2D eigenvalue weighted by Gasteiger charge is -2.09. The molecule has 0 saturated heterocycles. The standard InChI is InChI=1S/C11H7Br2ClN2O2/c12-5-3-6(13)10(7(15)4-5)16-11(17)8-1-2-9(14)18-8/h1-4H,15H2,(H,16,17). The summed E-state index contributed by atoms with van der Waals surface area (Å²) in [5.41, 5.74) is 6.74. The number of carbonyl (C=O) groups excluding carboxylic acids is 1. The van der Waals surface area contributed by atoms with Crippen LogP contribution in [0.15, 0.2) is 37.6 Å². The zero-order chi connectivity index (χ0) is 13.3. The molecule has 94 valence electrons. The van der Waals surface area contributed by atoms with Crippen molar-refractivity contribution < 1.29 is 9.21 Å². The molecule has 0 spiro atoms. The number of nitrogens with two attached hydrogens (primary N) is 1. The second-order valence-electron chi connectivity index (χ2n) is 3.41. The molecular formula is C11H7Br2ClN2O2. The molecule has 0 aliphatic heterocycles. The highest BCUT2D eigenvalue weighted by Crippen LogP contribution is 2.33. The van der Waals surface area contributed by atoms with Crippen LogP contribution in [0.25, 0.3) is 0 Å². The van der Waals surface area contributed by atoms with Crippen LogP contribution < -0.4 is 11.1 Å². The van der Waals surface area contributed by atoms with Crippen LogP contribution in [0, 0.1) is 0 Å². The number of rotatable bonds is 2. The lowest BCUT2D eigenvalue weighted by atomic mass is 10.2. The Kier molecular flexibility index (Phi) is 3.99. The molecule has 0 atom stereocenters. The minimum absolute atomic E-state index is 0.120. The monoisotopic (exact) mass is 392 g/mol. The van der Waals surface area contributed by atoms with Crippen LogP contribution in [-0.4, -0.2) is 5.91 Å². The van der Waals surface area contributed by atoms with Gasteiger partial charge in [-0.2, -0.15) is 0 Å². The van der Waals surface area contributed by atoms with Gasteiger partial charge in [0.15, 0.2) is 11.0 Å². The molecular weight excluding hydrogens is 387 g/mol. The number of hydrogen-bond donors (Lipinski definition) is 2. The van der Waals surface area contributed by atoms with E-state index < -0.39 is 5.91 Å². The molecule has 0 aliphatic rings. The smallest absolute Gasteiger partial charge is 0.291 e. The van der Waals surface area contributed by atoms with Gasteiger partial charge in [0.25, 0.3) is 5.91 Å². The zero-order valence-corrected chi connectivity index (χ0v) is 12.8. The number of carbonyl (C=O) groups is 1. The van der Waals surface area contributed by atoms with E-state index in [1.165, 1.54) is 12.1 Å². The fraction of sp³-hybridized carbons (Fsp3) is 0. The normalized spacial score (nSPS) is 10.4. The molecule has 4 nitrogen and oxygen atoms in total. The van der Waals surface area contributed by atoms with Crippen LogP contribution in [0.4, 0.5) is 11.4 Å². The number of anilines is 2. The summed E-state index contributed by atoms with van der Waals surface area (Å²) in [6, 6.07) is 6.45. The SMILES string of the molecule is Nc1cc(Br)cc(Br)c1NC(=O)c1ccc(Cl)o1. The van der Waals surface area contributed by atoms with Crippen molar-refractivity contribution in [1.29, 1.82) is 0 Å². The van der Waals surface area contributed by atoms with E-state index in [1.807, 2.05) is 0 Å². The lowest BCUT2D eigenvalue weighted by molar-refractivity contribution is 0.0996. The largest absolute Gasteiger partial charge is 0.440 e. The predicted molar refractivity (Wildman–Crippen MR) is 77.9 cm³/mol. The third-order valence-corrected chi connectivity index (χ3v) is 3.41. The first kappa shape index (κ1) is 13.5. The summed E-state index contributed by atoms with van der Waals surface area (Å²) in [5.74, 6) is -0.300. The van der Waals surface area contributed by atoms with Gasteiger partial charge >= 0.3 is 0 Å². The zero-order valence-electron chi connectivity index (χ0n) is 8.84. The maximum Gasteiger partial charge on any atom is 0.291 e. The van der Waals surface area contributed by atoms with Crippen LogP contribution >= 0.6 is 43.5 Å². The first-order valence-corrected chi connectivity index (χ1v) is 6.75. The van der Waals surface area contributed by atoms with Crippen molar-refractivity contribution in [1.82, 2.24) is 0 Å². The van der Waals surface area contributed by atoms with Crippen LogP contribution in [0.1, 0.15) is 10.6 Å². The highest BCUT2D eigenvalue weighted by atomic mass is 79.9. The Balaban J connectivity index is 2.27. The highest BCUT2D eigenvalue weighted by Gasteiger charge is 2.14. The summed E-state index contributed by atoms with van der Waals surface area (Å²) in [6.45, 7) is 0. The van der Waals surface area contributed by atoms with Crippen LogP contribution in [0.3, 0.4) is 0 Å². The summed E-state index contributed by atoms with van der Waals surface area (Å²) >= 11 is 12.2. The van der Waals surface area contributed by atoms with Gasteiger partial charge in [-0.1, -0.05) is 15.9 Å². The average Bonchev–Trinajstić information content (AvgIpc) is 2.70. The predicted octanol–water partition coefficient (Wildman–Crippen LogP) is 4.29. The maximum absolute atomic E-state index is 11.9. The van der Waals surface area contributed by atoms with E-state index >= 15 is 0 Å². The van der Waals surface area contributed by atoms with Crippen molar-refractivity contribution in [3.63, 3.8) is 0 Å². The molecule has 2 rings (SSSR count). The molecule has 18 heavy (non-hydrogen) atoms. The summed E-state index contributed by atoms with van der Waals surface area (Å²) in [7, 11) is 0. The van der Waals surface area contributed by atoms with Crippen molar-refractivity contribution in [3.8, 4) is 0 Å². The number of nitrogen functional groups attached to an aromatic ring is 1. The molecule has 3 N–H and O–H groups in total. The summed E-state index contributed by atoms with van der Waals surface area (Å²) < 4.78 is 6.49. The van der Waals surface area contributed by atoms with Crippen LogP contribution in [0.5, 0.6) is 0 Å². The Morgan fingerprint density at radius 2 is 2.06 bits per heavy atom. The number of furan rings is 1. The second-order valence-corrected chi connectivity index (χ2v) is 5.55. The lowest BCUT2D eigenvalue weighted by Crippen LogP contribution is -2.12. The second kappa shape index (κ2) is 5.34. The third kappa shape index (κ3) is 2.88. The van der Waals surface area contributed by atoms with E-state index in [4.69, 9.17) is 21.8 Å². The van der Waals surface area contributed by atoms with Crippen LogP contribution in [0.2, 0.25) is 5.22 Å². The Morgan fingerprint density at radius 3 is 2.61 bits per heavy atom. The van der Waals surface area contributed by atoms with Crippen LogP contribution in [-0.2, 0) is 0 Å². The fourth-order valence-corrected chi connectivity index (χ4v) is 2.84. The van der Waals surface area contributed by atoms with Gasteiger partial charge in [-0.3, -0.25) is 4.79 Å². The highest BCUT2D eigenvalue weighted by molar-refractivity contribution is 9.11. The Bertz CT molecular complexity index is 590. The van der Waals surface area contributed by atoms with Gasteiger partial charge in [0.2, 0.25) is 0 Å². The Morgan fingerprint density at radius 1 is 1.33 bits per heavy atom. The maximum atomic E-state index is 11.9. The summed E-state index contributed by atoms with van der Waals surface area (Å²) in [6.07, 6.45) is 0. The van der Waals surface area contributed by atoms with E-state index in [9.17, 15) is 4.79 Å². The first-order valence-electron chi connectivity index (χ1n) is 4.78. The third-order valence-electron chi connectivity index (χ3n) is 2.12. The molecule has 0 radical (unpaired) electrons. The van der Waals surface area contributed by atoms with Crippen molar-refractivity contribution in [2.45, 2.75) is 0 Å². The van der Waals surface area contributed by atoms with E-state index in [1.54, 1.807) is 12.1 Å². The quantitative estimate of drug-likeness (QED) is 0.747. The molecule has 0 aliphatic carbocycles. The van der Waals surface area contributed by atoms with Gasteiger partial charge in [-0.05, 0) is 51.8 Å². The van der Waals surface area contributed by atoms with Gasteiger partial charge in [-0.15, -0.1) is 0 Å². The molecule has 1 heterocycles. The molecule has 1 amide bonds. The van der Waals surface area contributed by atoms with Crippen molar-refractivity contribution in [2.75, 3.05) is 11.1 Å². The minimum Gasteiger partial charge on any atom is -0.440 e. The van der Waals surface area contributed by atoms with Gasteiger partial charge < -0.3 is 15.5 Å². The van der Waals surface area contributed by atoms with Crippen molar-refractivity contribution in [3.05, 3.63) is 44.2 Å². The van der Waals surface area contributed by atoms with E-state index in [0.29, 0.717) is 15.8 Å². The summed E-state index contributed by atoms with van der Waals surface area (Å²) in [5, 5.41) is 2.81. The Hall–Kier alpha value is -0.980.